The van der Waals surface area contributed by atoms with Crippen LogP contribution < -0.4 is 5.32 Å². The third kappa shape index (κ3) is 2.50. The maximum atomic E-state index is 12.3. The molecule has 0 saturated heterocycles. The second-order valence-electron chi connectivity index (χ2n) is 4.77. The number of carboxylic acid groups (broad SMARTS) is 1. The van der Waals surface area contributed by atoms with Crippen molar-refractivity contribution in [1.82, 2.24) is 10.3 Å². The van der Waals surface area contributed by atoms with E-state index in [9.17, 15) is 14.7 Å². The number of benzene rings is 1. The van der Waals surface area contributed by atoms with Gasteiger partial charge < -0.3 is 20.1 Å². The first-order valence-electron chi connectivity index (χ1n) is 6.09. The molecule has 3 N–H and O–H groups in total. The smallest absolute Gasteiger partial charge is 0.331 e. The molecule has 0 spiro atoms. The van der Waals surface area contributed by atoms with E-state index < -0.39 is 17.4 Å². The maximum absolute atomic E-state index is 12.3. The van der Waals surface area contributed by atoms with Crippen LogP contribution in [0.15, 0.2) is 30.5 Å². The molecule has 2 aromatic rings. The Bertz CT molecular complexity index is 649. The molecule has 0 radical (unpaired) electrons. The van der Waals surface area contributed by atoms with Gasteiger partial charge in [-0.25, -0.2) is 4.79 Å². The van der Waals surface area contributed by atoms with Crippen LogP contribution in [0.5, 0.6) is 0 Å². The summed E-state index contributed by atoms with van der Waals surface area (Å²) >= 11 is 0. The normalized spacial score (nSPS) is 13.9. The van der Waals surface area contributed by atoms with Crippen molar-refractivity contribution in [2.24, 2.45) is 0 Å². The van der Waals surface area contributed by atoms with Crippen molar-refractivity contribution in [3.05, 3.63) is 36.0 Å². The van der Waals surface area contributed by atoms with E-state index in [2.05, 4.69) is 10.3 Å². The third-order valence-corrected chi connectivity index (χ3v) is 3.13. The Morgan fingerprint density at radius 3 is 2.80 bits per heavy atom. The van der Waals surface area contributed by atoms with Crippen molar-refractivity contribution < 1.29 is 19.4 Å². The molecule has 1 aromatic heterocycles. The second-order valence-corrected chi connectivity index (χ2v) is 4.77. The van der Waals surface area contributed by atoms with Gasteiger partial charge in [-0.05, 0) is 19.1 Å². The Kier molecular flexibility index (Phi) is 3.76. The number of ether oxygens (including phenoxy) is 1. The first kappa shape index (κ1) is 14.1. The van der Waals surface area contributed by atoms with Gasteiger partial charge in [-0.15, -0.1) is 0 Å². The molecule has 106 valence electrons. The molecule has 2 rings (SSSR count). The summed E-state index contributed by atoms with van der Waals surface area (Å²) in [4.78, 5) is 26.6. The summed E-state index contributed by atoms with van der Waals surface area (Å²) in [7, 11) is 1.39. The fourth-order valence-electron chi connectivity index (χ4n) is 2.03. The fraction of sp³-hybridized carbons (Fsp3) is 0.286. The van der Waals surface area contributed by atoms with E-state index in [0.29, 0.717) is 11.1 Å². The Morgan fingerprint density at radius 2 is 2.15 bits per heavy atom. The molecule has 0 saturated carbocycles. The monoisotopic (exact) mass is 276 g/mol. The van der Waals surface area contributed by atoms with E-state index in [-0.39, 0.29) is 6.61 Å². The molecule has 0 fully saturated rings. The molecule has 20 heavy (non-hydrogen) atoms. The lowest BCUT2D eigenvalue weighted by Gasteiger charge is -2.25. The van der Waals surface area contributed by atoms with Gasteiger partial charge in [0.25, 0.3) is 5.91 Å². The minimum atomic E-state index is -1.47. The summed E-state index contributed by atoms with van der Waals surface area (Å²) in [5, 5.41) is 12.6. The number of rotatable bonds is 5. The third-order valence-electron chi connectivity index (χ3n) is 3.13. The predicted molar refractivity (Wildman–Crippen MR) is 73.7 cm³/mol. The number of carbonyl (C=O) groups is 2. The lowest BCUT2D eigenvalue weighted by molar-refractivity contribution is -0.145. The summed E-state index contributed by atoms with van der Waals surface area (Å²) in [6, 6.07) is 7.11. The molecule has 1 amide bonds. The van der Waals surface area contributed by atoms with Crippen LogP contribution >= 0.6 is 0 Å². The van der Waals surface area contributed by atoms with Gasteiger partial charge in [-0.3, -0.25) is 4.79 Å². The molecule has 6 nitrogen and oxygen atoms in total. The fourth-order valence-corrected chi connectivity index (χ4v) is 2.03. The minimum Gasteiger partial charge on any atom is -0.479 e. The number of methoxy groups -OCH3 is 1. The maximum Gasteiger partial charge on any atom is 0.331 e. The van der Waals surface area contributed by atoms with Gasteiger partial charge in [0, 0.05) is 18.7 Å². The first-order valence-corrected chi connectivity index (χ1v) is 6.09. The van der Waals surface area contributed by atoms with Crippen LogP contribution in [0.3, 0.4) is 0 Å². The van der Waals surface area contributed by atoms with Gasteiger partial charge in [0.15, 0.2) is 5.54 Å². The van der Waals surface area contributed by atoms with Crippen LogP contribution in [-0.2, 0) is 9.53 Å². The molecule has 1 aromatic carbocycles. The lowest BCUT2D eigenvalue weighted by Crippen LogP contribution is -2.55. The highest BCUT2D eigenvalue weighted by atomic mass is 16.5. The number of carbonyl (C=O) groups excluding carboxylic acids is 1. The predicted octanol–water partition coefficient (Wildman–Crippen LogP) is 1.39. The van der Waals surface area contributed by atoms with Gasteiger partial charge in [-0.2, -0.15) is 0 Å². The number of hydrogen-bond acceptors (Lipinski definition) is 3. The van der Waals surface area contributed by atoms with Crippen molar-refractivity contribution in [1.29, 1.82) is 0 Å². The van der Waals surface area contributed by atoms with E-state index in [1.165, 1.54) is 14.0 Å². The number of aromatic amines is 1. The van der Waals surface area contributed by atoms with Gasteiger partial charge >= 0.3 is 5.97 Å². The highest BCUT2D eigenvalue weighted by molar-refractivity contribution is 6.07. The number of H-pyrrole nitrogens is 1. The molecule has 0 bridgehead atoms. The molecule has 6 heteroatoms. The van der Waals surface area contributed by atoms with Crippen LogP contribution in [0, 0.1) is 0 Å². The van der Waals surface area contributed by atoms with Gasteiger partial charge in [0.05, 0.1) is 17.7 Å². The van der Waals surface area contributed by atoms with Crippen LogP contribution in [0.25, 0.3) is 10.9 Å². The average Bonchev–Trinajstić information content (AvgIpc) is 2.86. The molecule has 0 aliphatic heterocycles. The van der Waals surface area contributed by atoms with Crippen LogP contribution in [0.1, 0.15) is 17.3 Å². The summed E-state index contributed by atoms with van der Waals surface area (Å²) in [6.07, 6.45) is 1.73. The number of aromatic nitrogens is 1. The van der Waals surface area contributed by atoms with E-state index in [1.807, 2.05) is 12.1 Å². The lowest BCUT2D eigenvalue weighted by atomic mass is 10.0. The molecule has 0 aliphatic carbocycles. The van der Waals surface area contributed by atoms with Crippen LogP contribution in [-0.4, -0.2) is 41.2 Å². The highest BCUT2D eigenvalue weighted by Crippen LogP contribution is 2.18. The number of carboxylic acids is 1. The first-order chi connectivity index (χ1) is 9.48. The van der Waals surface area contributed by atoms with E-state index in [4.69, 9.17) is 4.74 Å². The molecule has 1 atom stereocenters. The Labute approximate surface area is 115 Å². The summed E-state index contributed by atoms with van der Waals surface area (Å²) in [6.45, 7) is 1.29. The SMILES string of the molecule is COCC(C)(NC(=O)c1cccc2cc[nH]c12)C(=O)O. The minimum absolute atomic E-state index is 0.116. The van der Waals surface area contributed by atoms with Gasteiger partial charge in [0.1, 0.15) is 0 Å². The number of nitrogens with one attached hydrogen (secondary N) is 2. The number of aliphatic carboxylic acids is 1. The zero-order valence-electron chi connectivity index (χ0n) is 11.3. The molecular formula is C14H16N2O4. The Hall–Kier alpha value is -2.34. The summed E-state index contributed by atoms with van der Waals surface area (Å²) in [5.74, 6) is -1.61. The molecule has 1 unspecified atom stereocenters. The average molecular weight is 276 g/mol. The second kappa shape index (κ2) is 5.34. The van der Waals surface area contributed by atoms with Gasteiger partial charge in [-0.1, -0.05) is 12.1 Å². The molecular weight excluding hydrogens is 260 g/mol. The van der Waals surface area contributed by atoms with E-state index in [1.54, 1.807) is 18.3 Å². The van der Waals surface area contributed by atoms with Crippen molar-refractivity contribution in [2.75, 3.05) is 13.7 Å². The number of amides is 1. The van der Waals surface area contributed by atoms with E-state index in [0.717, 1.165) is 5.39 Å². The quantitative estimate of drug-likeness (QED) is 0.769. The van der Waals surface area contributed by atoms with Crippen LogP contribution in [0.2, 0.25) is 0 Å². The summed E-state index contributed by atoms with van der Waals surface area (Å²) < 4.78 is 4.87. The van der Waals surface area contributed by atoms with E-state index >= 15 is 0 Å². The highest BCUT2D eigenvalue weighted by Gasteiger charge is 2.35. The topological polar surface area (TPSA) is 91.4 Å². The number of hydrogen-bond donors (Lipinski definition) is 3. The van der Waals surface area contributed by atoms with Crippen molar-refractivity contribution >= 4 is 22.8 Å². The standard InChI is InChI=1S/C14H16N2O4/c1-14(8-20-2,13(18)19)16-12(17)10-5-3-4-9-6-7-15-11(9)10/h3-7,15H,8H2,1-2H3,(H,16,17)(H,18,19). The molecule has 0 aliphatic rings. The van der Waals surface area contributed by atoms with Gasteiger partial charge in [0.2, 0.25) is 0 Å². The summed E-state index contributed by atoms with van der Waals surface area (Å²) in [5.41, 5.74) is -0.396. The Morgan fingerprint density at radius 1 is 1.40 bits per heavy atom. The Balaban J connectivity index is 2.32. The zero-order chi connectivity index (χ0) is 14.8. The largest absolute Gasteiger partial charge is 0.479 e. The number of fused-ring (bicyclic) bond motifs is 1. The number of para-hydroxylation sites is 1. The molecule has 1 heterocycles. The van der Waals surface area contributed by atoms with Crippen molar-refractivity contribution in [3.63, 3.8) is 0 Å². The van der Waals surface area contributed by atoms with Crippen LogP contribution in [0.4, 0.5) is 0 Å². The van der Waals surface area contributed by atoms with Crippen molar-refractivity contribution in [3.8, 4) is 0 Å². The van der Waals surface area contributed by atoms with Crippen molar-refractivity contribution in [2.45, 2.75) is 12.5 Å². The zero-order valence-corrected chi connectivity index (χ0v) is 11.3.